The molecule has 0 radical (unpaired) electrons. The van der Waals surface area contributed by atoms with Crippen molar-refractivity contribution in [2.75, 3.05) is 42.3 Å². The first-order valence-corrected chi connectivity index (χ1v) is 9.38. The van der Waals surface area contributed by atoms with Crippen LogP contribution in [0.4, 0.5) is 11.4 Å². The molecule has 1 amide bonds. The molecule has 2 aromatic carbocycles. The van der Waals surface area contributed by atoms with Gasteiger partial charge in [-0.2, -0.15) is 0 Å². The molecule has 0 unspecified atom stereocenters. The normalized spacial score (nSPS) is 11.5. The summed E-state index contributed by atoms with van der Waals surface area (Å²) in [4.78, 5) is 40.1. The van der Waals surface area contributed by atoms with Crippen LogP contribution in [0.5, 0.6) is 0 Å². The first kappa shape index (κ1) is 21.8. The lowest BCUT2D eigenvalue weighted by molar-refractivity contribution is -0.385. The average Bonchev–Trinajstić information content (AvgIpc) is 2.99. The summed E-state index contributed by atoms with van der Waals surface area (Å²) in [6, 6.07) is 7.12. The number of carbonyl (C=O) groups is 1. The number of fused-ring (bicyclic) bond motifs is 3. The van der Waals surface area contributed by atoms with E-state index in [0.29, 0.717) is 33.6 Å². The molecule has 3 rings (SSSR count). The average molecular weight is 425 g/mol. The lowest BCUT2D eigenvalue weighted by Crippen LogP contribution is -2.26. The third-order valence-corrected chi connectivity index (χ3v) is 5.06. The molecule has 1 aliphatic carbocycles. The van der Waals surface area contributed by atoms with Crippen LogP contribution in [0.25, 0.3) is 16.7 Å². The Hall–Kier alpha value is -3.95. The quantitative estimate of drug-likeness (QED) is 0.456. The molecular weight excluding hydrogens is 402 g/mol. The van der Waals surface area contributed by atoms with Crippen molar-refractivity contribution < 1.29 is 14.6 Å². The summed E-state index contributed by atoms with van der Waals surface area (Å²) < 4.78 is 0. The Kier molecular flexibility index (Phi) is 5.41. The van der Waals surface area contributed by atoms with E-state index in [1.165, 1.54) is 29.2 Å². The Morgan fingerprint density at radius 2 is 1.29 bits per heavy atom. The van der Waals surface area contributed by atoms with E-state index >= 15 is 0 Å². The third kappa shape index (κ3) is 3.56. The van der Waals surface area contributed by atoms with Gasteiger partial charge in [-0.3, -0.25) is 25.0 Å². The number of rotatable bonds is 5. The molecule has 1 aliphatic rings. The second-order valence-corrected chi connectivity index (χ2v) is 7.85. The minimum Gasteiger partial charge on any atom is -0.364 e. The fourth-order valence-corrected chi connectivity index (χ4v) is 3.93. The molecule has 0 bridgehead atoms. The van der Waals surface area contributed by atoms with Gasteiger partial charge in [0.25, 0.3) is 17.3 Å². The molecule has 0 heterocycles. The number of hydrogen-bond acceptors (Lipinski definition) is 7. The highest BCUT2D eigenvalue weighted by molar-refractivity contribution is 6.11. The monoisotopic (exact) mass is 425 g/mol. The van der Waals surface area contributed by atoms with Gasteiger partial charge in [0, 0.05) is 88.8 Å². The maximum absolute atomic E-state index is 13.0. The highest BCUT2D eigenvalue weighted by Crippen LogP contribution is 2.50. The van der Waals surface area contributed by atoms with E-state index < -0.39 is 9.85 Å². The Morgan fingerprint density at radius 3 is 1.77 bits per heavy atom. The highest BCUT2D eigenvalue weighted by Gasteiger charge is 2.35. The summed E-state index contributed by atoms with van der Waals surface area (Å²) in [6.45, 7) is 0. The van der Waals surface area contributed by atoms with Gasteiger partial charge in [-0.25, -0.2) is 0 Å². The molecule has 0 spiro atoms. The van der Waals surface area contributed by atoms with Gasteiger partial charge in [0.2, 0.25) is 0 Å². The van der Waals surface area contributed by atoms with E-state index in [2.05, 4.69) is 0 Å². The van der Waals surface area contributed by atoms with E-state index in [1.54, 1.807) is 20.2 Å². The number of carbonyl (C=O) groups excluding carboxylic acids is 1. The van der Waals surface area contributed by atoms with Crippen LogP contribution < -0.4 is 0 Å². The summed E-state index contributed by atoms with van der Waals surface area (Å²) in [5.74, 6) is 0.311. The fourth-order valence-electron chi connectivity index (χ4n) is 3.93. The van der Waals surface area contributed by atoms with E-state index in [0.717, 1.165) is 0 Å². The van der Waals surface area contributed by atoms with Gasteiger partial charge in [0.15, 0.2) is 0 Å². The van der Waals surface area contributed by atoms with Crippen molar-refractivity contribution in [2.45, 2.75) is 0 Å². The maximum Gasteiger partial charge on any atom is 0.270 e. The van der Waals surface area contributed by atoms with Crippen molar-refractivity contribution in [3.63, 3.8) is 0 Å². The van der Waals surface area contributed by atoms with E-state index in [4.69, 9.17) is 0 Å². The Bertz CT molecular complexity index is 1140. The van der Waals surface area contributed by atoms with Crippen molar-refractivity contribution in [1.82, 2.24) is 14.7 Å². The van der Waals surface area contributed by atoms with Crippen LogP contribution in [0.3, 0.4) is 0 Å². The van der Waals surface area contributed by atoms with Gasteiger partial charge in [0.1, 0.15) is 5.82 Å². The SMILES string of the molecule is CN(C)C(=O)c1cc([N+](=O)[O-])cc2c1-c1ccc([N+](=O)[O-])cc1C2=C(N(C)C)N(C)C. The molecule has 2 aromatic rings. The van der Waals surface area contributed by atoms with Crippen LogP contribution in [-0.4, -0.2) is 72.7 Å². The van der Waals surface area contributed by atoms with Crippen LogP contribution in [0.2, 0.25) is 0 Å². The van der Waals surface area contributed by atoms with Crippen LogP contribution >= 0.6 is 0 Å². The van der Waals surface area contributed by atoms with Gasteiger partial charge in [-0.1, -0.05) is 0 Å². The number of nitro groups is 2. The van der Waals surface area contributed by atoms with Crippen LogP contribution in [0.15, 0.2) is 36.2 Å². The molecule has 31 heavy (non-hydrogen) atoms. The van der Waals surface area contributed by atoms with Crippen molar-refractivity contribution in [1.29, 1.82) is 0 Å². The standard InChI is InChI=1S/C21H23N5O5/c1-22(2)20(23(3)4)19-15-9-12(25(28)29)7-8-14(15)18-16(19)10-13(26(30)31)11-17(18)21(27)24(5)6/h7-11H,1-6H3. The summed E-state index contributed by atoms with van der Waals surface area (Å²) in [5, 5.41) is 23.1. The van der Waals surface area contributed by atoms with Crippen molar-refractivity contribution in [2.24, 2.45) is 0 Å². The molecule has 0 N–H and O–H groups in total. The van der Waals surface area contributed by atoms with E-state index in [9.17, 15) is 25.0 Å². The minimum atomic E-state index is -0.541. The number of benzene rings is 2. The first-order valence-electron chi connectivity index (χ1n) is 9.38. The lowest BCUT2D eigenvalue weighted by atomic mass is 9.97. The highest BCUT2D eigenvalue weighted by atomic mass is 16.6. The molecular formula is C21H23N5O5. The van der Waals surface area contributed by atoms with Gasteiger partial charge in [-0.15, -0.1) is 0 Å². The predicted molar refractivity (Wildman–Crippen MR) is 117 cm³/mol. The smallest absolute Gasteiger partial charge is 0.270 e. The summed E-state index contributed by atoms with van der Waals surface area (Å²) in [6.07, 6.45) is 0. The van der Waals surface area contributed by atoms with Crippen LogP contribution in [-0.2, 0) is 0 Å². The zero-order valence-electron chi connectivity index (χ0n) is 18.2. The van der Waals surface area contributed by atoms with Gasteiger partial charge in [0.05, 0.1) is 15.4 Å². The van der Waals surface area contributed by atoms with Gasteiger partial charge in [-0.05, 0) is 11.6 Å². The number of hydrogen-bond donors (Lipinski definition) is 0. The Morgan fingerprint density at radius 1 is 0.742 bits per heavy atom. The predicted octanol–water partition coefficient (Wildman–Crippen LogP) is 3.03. The molecule has 162 valence electrons. The Labute approximate surface area is 179 Å². The molecule has 0 atom stereocenters. The van der Waals surface area contributed by atoms with Gasteiger partial charge < -0.3 is 14.7 Å². The van der Waals surface area contributed by atoms with E-state index in [-0.39, 0.29) is 22.8 Å². The fraction of sp³-hybridized carbons (Fsp3) is 0.286. The number of nitrogens with zero attached hydrogens (tertiary/aromatic N) is 5. The largest absolute Gasteiger partial charge is 0.364 e. The van der Waals surface area contributed by atoms with Crippen molar-refractivity contribution in [3.05, 3.63) is 73.1 Å². The summed E-state index contributed by atoms with van der Waals surface area (Å²) in [5.41, 5.74) is 2.65. The first-order chi connectivity index (χ1) is 14.5. The molecule has 10 nitrogen and oxygen atoms in total. The second-order valence-electron chi connectivity index (χ2n) is 7.85. The molecule has 0 aromatic heterocycles. The van der Waals surface area contributed by atoms with Crippen LogP contribution in [0.1, 0.15) is 21.5 Å². The maximum atomic E-state index is 13.0. The van der Waals surface area contributed by atoms with E-state index in [1.807, 2.05) is 38.0 Å². The van der Waals surface area contributed by atoms with Gasteiger partial charge >= 0.3 is 0 Å². The van der Waals surface area contributed by atoms with Crippen molar-refractivity contribution in [3.8, 4) is 11.1 Å². The third-order valence-electron chi connectivity index (χ3n) is 5.06. The number of nitro benzene ring substituents is 2. The molecule has 10 heteroatoms. The molecule has 0 aliphatic heterocycles. The molecule has 0 saturated carbocycles. The Balaban J connectivity index is 2.55. The minimum absolute atomic E-state index is 0.101. The molecule has 0 fully saturated rings. The van der Waals surface area contributed by atoms with Crippen molar-refractivity contribution >= 4 is 22.9 Å². The van der Waals surface area contributed by atoms with Crippen LogP contribution in [0, 0.1) is 20.2 Å². The number of non-ortho nitro benzene ring substituents is 2. The molecule has 0 saturated heterocycles. The zero-order valence-corrected chi connectivity index (χ0v) is 18.2. The number of amides is 1. The lowest BCUT2D eigenvalue weighted by Gasteiger charge is -2.27. The zero-order chi connectivity index (χ0) is 23.2. The second kappa shape index (κ2) is 7.71. The topological polar surface area (TPSA) is 113 Å². The summed E-state index contributed by atoms with van der Waals surface area (Å²) in [7, 11) is 10.4. The summed E-state index contributed by atoms with van der Waals surface area (Å²) >= 11 is 0.